The minimum Gasteiger partial charge on any atom is -0.377 e. The molecule has 0 bridgehead atoms. The van der Waals surface area contributed by atoms with Gasteiger partial charge in [-0.15, -0.1) is 0 Å². The van der Waals surface area contributed by atoms with Gasteiger partial charge < -0.3 is 25.8 Å². The third kappa shape index (κ3) is 10.8. The van der Waals surface area contributed by atoms with Gasteiger partial charge in [0, 0.05) is 111 Å². The zero-order chi connectivity index (χ0) is 39.3. The fourth-order valence-corrected chi connectivity index (χ4v) is 8.33. The number of nitrogens with one attached hydrogen (secondary N) is 3. The zero-order valence-electron chi connectivity index (χ0n) is 35.4. The Morgan fingerprint density at radius 3 is 1.16 bits per heavy atom. The molecule has 6 rings (SSSR count). The van der Waals surface area contributed by atoms with Crippen LogP contribution in [0, 0.1) is 0 Å². The predicted octanol–water partition coefficient (Wildman–Crippen LogP) is 9.03. The summed E-state index contributed by atoms with van der Waals surface area (Å²) >= 11 is 0. The molecule has 56 heavy (non-hydrogen) atoms. The highest BCUT2D eigenvalue weighted by Gasteiger charge is 2.19. The summed E-state index contributed by atoms with van der Waals surface area (Å²) < 4.78 is 5.15. The number of rotatable bonds is 23. The highest BCUT2D eigenvalue weighted by molar-refractivity contribution is 5.92. The van der Waals surface area contributed by atoms with Crippen molar-refractivity contribution < 1.29 is 9.13 Å². The van der Waals surface area contributed by atoms with Crippen LogP contribution < -0.4 is 34.9 Å². The Balaban J connectivity index is 0.879. The zero-order valence-corrected chi connectivity index (χ0v) is 35.4. The van der Waals surface area contributed by atoms with Crippen LogP contribution in [-0.2, 0) is 26.2 Å². The molecular weight excluding hydrogens is 687 g/mol. The van der Waals surface area contributed by atoms with Crippen molar-refractivity contribution in [1.82, 2.24) is 16.0 Å². The first-order valence-electron chi connectivity index (χ1n) is 21.5. The van der Waals surface area contributed by atoms with Crippen molar-refractivity contribution in [2.24, 2.45) is 0 Å². The van der Waals surface area contributed by atoms with E-state index in [4.69, 9.17) is 0 Å². The molecule has 7 heteroatoms. The molecular formula is C49H69N7+2. The van der Waals surface area contributed by atoms with Crippen molar-refractivity contribution >= 4 is 55.0 Å². The van der Waals surface area contributed by atoms with E-state index < -0.39 is 0 Å². The maximum atomic E-state index is 3.73. The van der Waals surface area contributed by atoms with Gasteiger partial charge in [-0.25, -0.2) is 0 Å². The number of aryl methyl sites for hydroxylation is 2. The second-order valence-corrected chi connectivity index (χ2v) is 16.4. The van der Waals surface area contributed by atoms with Crippen LogP contribution in [0.25, 0.3) is 43.6 Å². The van der Waals surface area contributed by atoms with Gasteiger partial charge in [0.05, 0.1) is 0 Å². The van der Waals surface area contributed by atoms with Crippen LogP contribution in [0.5, 0.6) is 0 Å². The summed E-state index contributed by atoms with van der Waals surface area (Å²) in [5.74, 6) is 0. The first-order chi connectivity index (χ1) is 27.4. The monoisotopic (exact) mass is 756 g/mol. The van der Waals surface area contributed by atoms with Crippen molar-refractivity contribution in [2.45, 2.75) is 96.8 Å². The van der Waals surface area contributed by atoms with Crippen molar-refractivity contribution in [2.75, 3.05) is 65.2 Å². The molecule has 3 N–H and O–H groups in total. The summed E-state index contributed by atoms with van der Waals surface area (Å²) in [7, 11) is 12.6. The normalized spacial score (nSPS) is 11.8. The predicted molar refractivity (Wildman–Crippen MR) is 241 cm³/mol. The minimum absolute atomic E-state index is 0.891. The standard InChI is InChI=1S/C49H69N7/c1-50-36-38-18-20-40-32-41-21-19-39(37-51-2)31-47(41)55(46(40)30-38)28-17-13-11-15-27-52-26-14-10-8-7-9-12-16-29-56-48-34-44(53(3)4)24-22-42(48)33-43-23-25-45(54(5)6)35-49(43)56/h18-25,30-35,50-52H,7-17,26-29,36-37H2,1-6H3/q+2. The summed E-state index contributed by atoms with van der Waals surface area (Å²) in [4.78, 5) is 4.41. The van der Waals surface area contributed by atoms with Gasteiger partial charge >= 0.3 is 0 Å². The average molecular weight is 756 g/mol. The van der Waals surface area contributed by atoms with E-state index in [9.17, 15) is 0 Å². The number of unbranched alkanes of at least 4 members (excludes halogenated alkanes) is 9. The highest BCUT2D eigenvalue weighted by Crippen LogP contribution is 2.26. The molecule has 0 fully saturated rings. The van der Waals surface area contributed by atoms with E-state index in [1.165, 1.54) is 137 Å². The molecule has 2 aromatic heterocycles. The number of anilines is 2. The van der Waals surface area contributed by atoms with Crippen LogP contribution in [-0.4, -0.2) is 55.4 Å². The Morgan fingerprint density at radius 2 is 0.768 bits per heavy atom. The Labute approximate surface area is 337 Å². The van der Waals surface area contributed by atoms with Crippen molar-refractivity contribution in [3.8, 4) is 0 Å². The molecule has 0 radical (unpaired) electrons. The molecule has 0 aliphatic heterocycles. The molecule has 0 unspecified atom stereocenters. The molecule has 0 saturated heterocycles. The Bertz CT molecular complexity index is 2040. The lowest BCUT2D eigenvalue weighted by Gasteiger charge is -2.15. The number of hydrogen-bond donors (Lipinski definition) is 3. The SMILES string of the molecule is CNCc1ccc2cc3ccc(CNC)cc3[n+](CCCCCCNCCCCCCCCC[n+]3c4cc(N(C)C)ccc4cc4ccc(N(C)C)cc43)c2c1. The van der Waals surface area contributed by atoms with Crippen molar-refractivity contribution in [3.05, 3.63) is 96.1 Å². The van der Waals surface area contributed by atoms with Crippen LogP contribution in [0.3, 0.4) is 0 Å². The summed E-state index contributed by atoms with van der Waals surface area (Å²) in [6, 6.07) is 32.3. The fourth-order valence-electron chi connectivity index (χ4n) is 8.33. The highest BCUT2D eigenvalue weighted by atomic mass is 15.1. The second-order valence-electron chi connectivity index (χ2n) is 16.4. The van der Waals surface area contributed by atoms with Gasteiger partial charge in [0.25, 0.3) is 0 Å². The number of pyridine rings is 2. The lowest BCUT2D eigenvalue weighted by atomic mass is 10.0. The molecule has 0 aliphatic rings. The molecule has 0 saturated carbocycles. The lowest BCUT2D eigenvalue weighted by Crippen LogP contribution is -2.36. The van der Waals surface area contributed by atoms with E-state index in [1.807, 2.05) is 14.1 Å². The van der Waals surface area contributed by atoms with Gasteiger partial charge in [0.2, 0.25) is 22.1 Å². The fraction of sp³-hybridized carbons (Fsp3) is 0.469. The van der Waals surface area contributed by atoms with E-state index in [-0.39, 0.29) is 0 Å². The average Bonchev–Trinajstić information content (AvgIpc) is 3.20. The molecule has 4 aromatic carbocycles. The molecule has 0 spiro atoms. The molecule has 0 atom stereocenters. The van der Waals surface area contributed by atoms with Crippen molar-refractivity contribution in [1.29, 1.82) is 0 Å². The van der Waals surface area contributed by atoms with E-state index in [0.29, 0.717) is 0 Å². The summed E-state index contributed by atoms with van der Waals surface area (Å²) in [6.45, 7) is 6.18. The quantitative estimate of drug-likeness (QED) is 0.0347. The largest absolute Gasteiger partial charge is 0.377 e. The maximum absolute atomic E-state index is 3.73. The number of benzene rings is 4. The molecule has 6 aromatic rings. The summed E-state index contributed by atoms with van der Waals surface area (Å²) in [5.41, 5.74) is 10.5. The van der Waals surface area contributed by atoms with Gasteiger partial charge in [-0.3, -0.25) is 0 Å². The van der Waals surface area contributed by atoms with Gasteiger partial charge in [-0.05, 0) is 113 Å². The number of nitrogens with zero attached hydrogens (tertiary/aromatic N) is 4. The topological polar surface area (TPSA) is 50.3 Å². The first kappa shape index (κ1) is 41.3. The van der Waals surface area contributed by atoms with E-state index in [2.05, 4.69) is 148 Å². The summed E-state index contributed by atoms with van der Waals surface area (Å²) in [6.07, 6.45) is 14.1. The molecule has 7 nitrogen and oxygen atoms in total. The van der Waals surface area contributed by atoms with Gasteiger partial charge in [-0.1, -0.05) is 44.2 Å². The number of hydrogen-bond acceptors (Lipinski definition) is 5. The minimum atomic E-state index is 0.891. The Kier molecular flexibility index (Phi) is 15.3. The van der Waals surface area contributed by atoms with Gasteiger partial charge in [0.1, 0.15) is 13.1 Å². The second kappa shape index (κ2) is 20.7. The van der Waals surface area contributed by atoms with E-state index >= 15 is 0 Å². The van der Waals surface area contributed by atoms with Crippen LogP contribution >= 0.6 is 0 Å². The van der Waals surface area contributed by atoms with E-state index in [1.54, 1.807) is 0 Å². The third-order valence-corrected chi connectivity index (χ3v) is 11.5. The van der Waals surface area contributed by atoms with Crippen LogP contribution in [0.4, 0.5) is 11.4 Å². The first-order valence-corrected chi connectivity index (χ1v) is 21.5. The number of fused-ring (bicyclic) bond motifs is 4. The van der Waals surface area contributed by atoms with Crippen LogP contribution in [0.15, 0.2) is 84.9 Å². The Morgan fingerprint density at radius 1 is 0.411 bits per heavy atom. The maximum Gasteiger partial charge on any atom is 0.215 e. The van der Waals surface area contributed by atoms with Gasteiger partial charge in [-0.2, -0.15) is 9.13 Å². The molecule has 298 valence electrons. The summed E-state index contributed by atoms with van der Waals surface area (Å²) in [5, 5.41) is 15.7. The molecule has 0 amide bonds. The molecule has 2 heterocycles. The smallest absolute Gasteiger partial charge is 0.215 e. The molecule has 0 aliphatic carbocycles. The van der Waals surface area contributed by atoms with Gasteiger partial charge in [0.15, 0.2) is 0 Å². The Hall–Kier alpha value is -4.30. The van der Waals surface area contributed by atoms with Crippen LogP contribution in [0.1, 0.15) is 81.8 Å². The van der Waals surface area contributed by atoms with Crippen molar-refractivity contribution in [3.63, 3.8) is 0 Å². The van der Waals surface area contributed by atoms with E-state index in [0.717, 1.165) is 39.3 Å². The number of aromatic nitrogens is 2. The third-order valence-electron chi connectivity index (χ3n) is 11.5. The lowest BCUT2D eigenvalue weighted by molar-refractivity contribution is -0.646. The van der Waals surface area contributed by atoms with Crippen LogP contribution in [0.2, 0.25) is 0 Å².